The topological polar surface area (TPSA) is 58.2 Å². The summed E-state index contributed by atoms with van der Waals surface area (Å²) in [6, 6.07) is 23.9. The summed E-state index contributed by atoms with van der Waals surface area (Å²) in [6.45, 7) is 2.34. The van der Waals surface area contributed by atoms with Crippen LogP contribution in [0.5, 0.6) is 0 Å². The number of thiophene rings is 1. The van der Waals surface area contributed by atoms with Crippen molar-refractivity contribution in [3.63, 3.8) is 0 Å². The highest BCUT2D eigenvalue weighted by Crippen LogP contribution is 2.27. The Labute approximate surface area is 169 Å². The molecule has 3 aromatic rings. The van der Waals surface area contributed by atoms with E-state index in [9.17, 15) is 9.59 Å². The summed E-state index contributed by atoms with van der Waals surface area (Å²) in [5.41, 5.74) is 2.32. The van der Waals surface area contributed by atoms with Crippen LogP contribution in [-0.2, 0) is 4.79 Å². The molecule has 5 heteroatoms. The van der Waals surface area contributed by atoms with Crippen LogP contribution in [0.3, 0.4) is 0 Å². The summed E-state index contributed by atoms with van der Waals surface area (Å²) >= 11 is 1.39. The molecule has 2 aromatic carbocycles. The summed E-state index contributed by atoms with van der Waals surface area (Å²) in [4.78, 5) is 25.0. The molecule has 28 heavy (non-hydrogen) atoms. The Morgan fingerprint density at radius 2 is 1.50 bits per heavy atom. The van der Waals surface area contributed by atoms with E-state index in [1.165, 1.54) is 11.3 Å². The molecule has 0 saturated heterocycles. The van der Waals surface area contributed by atoms with E-state index in [4.69, 9.17) is 0 Å². The van der Waals surface area contributed by atoms with Gasteiger partial charge >= 0.3 is 0 Å². The Morgan fingerprint density at radius 3 is 2.04 bits per heavy atom. The number of carbonyl (C=O) groups excluding carboxylic acids is 2. The summed E-state index contributed by atoms with van der Waals surface area (Å²) < 4.78 is 0. The van der Waals surface area contributed by atoms with Crippen LogP contribution in [0, 0.1) is 0 Å². The minimum absolute atomic E-state index is 0.0621. The molecule has 0 aliphatic heterocycles. The van der Waals surface area contributed by atoms with Gasteiger partial charge < -0.3 is 10.6 Å². The monoisotopic (exact) mass is 392 g/mol. The largest absolute Gasteiger partial charge is 0.353 e. The van der Waals surface area contributed by atoms with Gasteiger partial charge in [0.15, 0.2) is 0 Å². The molecule has 2 N–H and O–H groups in total. The predicted octanol–water partition coefficient (Wildman–Crippen LogP) is 4.20. The third-order valence-corrected chi connectivity index (χ3v) is 5.46. The van der Waals surface area contributed by atoms with E-state index in [-0.39, 0.29) is 30.2 Å². The first-order chi connectivity index (χ1) is 13.6. The van der Waals surface area contributed by atoms with Crippen LogP contribution in [0.4, 0.5) is 0 Å². The number of hydrogen-bond donors (Lipinski definition) is 2. The molecule has 0 radical (unpaired) electrons. The molecule has 1 aromatic heterocycles. The number of amides is 2. The fourth-order valence-electron chi connectivity index (χ4n) is 3.28. The Hall–Kier alpha value is -2.92. The molecule has 1 unspecified atom stereocenters. The fraction of sp³-hybridized carbons (Fsp3) is 0.217. The Kier molecular flexibility index (Phi) is 6.98. The second-order valence-electron chi connectivity index (χ2n) is 6.64. The van der Waals surface area contributed by atoms with Crippen molar-refractivity contribution in [1.29, 1.82) is 0 Å². The van der Waals surface area contributed by atoms with Crippen molar-refractivity contribution in [3.8, 4) is 0 Å². The highest BCUT2D eigenvalue weighted by atomic mass is 32.1. The van der Waals surface area contributed by atoms with Crippen molar-refractivity contribution >= 4 is 23.2 Å². The highest BCUT2D eigenvalue weighted by Gasteiger charge is 2.22. The summed E-state index contributed by atoms with van der Waals surface area (Å²) in [7, 11) is 0. The maximum Gasteiger partial charge on any atom is 0.261 e. The second kappa shape index (κ2) is 9.85. The van der Waals surface area contributed by atoms with Gasteiger partial charge in [0.05, 0.1) is 4.88 Å². The van der Waals surface area contributed by atoms with Gasteiger partial charge in [-0.1, -0.05) is 66.7 Å². The number of benzene rings is 2. The van der Waals surface area contributed by atoms with Crippen LogP contribution in [-0.4, -0.2) is 24.4 Å². The molecule has 3 rings (SSSR count). The van der Waals surface area contributed by atoms with Crippen LogP contribution >= 0.6 is 11.3 Å². The van der Waals surface area contributed by atoms with Gasteiger partial charge in [0.2, 0.25) is 5.91 Å². The van der Waals surface area contributed by atoms with Crippen molar-refractivity contribution < 1.29 is 9.59 Å². The summed E-state index contributed by atoms with van der Waals surface area (Å²) in [6.07, 6.45) is 0.248. The normalized spacial score (nSPS) is 11.8. The maximum atomic E-state index is 12.4. The average Bonchev–Trinajstić information content (AvgIpc) is 3.25. The molecule has 1 heterocycles. The number of carbonyl (C=O) groups is 2. The zero-order chi connectivity index (χ0) is 19.8. The van der Waals surface area contributed by atoms with Crippen molar-refractivity contribution in [2.24, 2.45) is 0 Å². The van der Waals surface area contributed by atoms with Gasteiger partial charge in [-0.3, -0.25) is 9.59 Å². The maximum absolute atomic E-state index is 12.4. The van der Waals surface area contributed by atoms with E-state index in [1.807, 2.05) is 54.8 Å². The quantitative estimate of drug-likeness (QED) is 0.603. The molecule has 0 saturated carbocycles. The number of hydrogen-bond acceptors (Lipinski definition) is 3. The molecule has 0 fully saturated rings. The fourth-order valence-corrected chi connectivity index (χ4v) is 3.92. The van der Waals surface area contributed by atoms with Gasteiger partial charge in [-0.2, -0.15) is 0 Å². The molecule has 2 amide bonds. The Balaban J connectivity index is 1.59. The predicted molar refractivity (Wildman–Crippen MR) is 114 cm³/mol. The zero-order valence-electron chi connectivity index (χ0n) is 15.8. The highest BCUT2D eigenvalue weighted by molar-refractivity contribution is 7.12. The number of rotatable bonds is 8. The van der Waals surface area contributed by atoms with Gasteiger partial charge in [-0.15, -0.1) is 11.3 Å². The van der Waals surface area contributed by atoms with Gasteiger partial charge in [-0.25, -0.2) is 0 Å². The van der Waals surface area contributed by atoms with Crippen LogP contribution in [0.25, 0.3) is 0 Å². The van der Waals surface area contributed by atoms with Crippen LogP contribution in [0.15, 0.2) is 78.2 Å². The molecule has 0 bridgehead atoms. The van der Waals surface area contributed by atoms with Gasteiger partial charge in [0.1, 0.15) is 0 Å². The number of nitrogens with one attached hydrogen (secondary N) is 2. The summed E-state index contributed by atoms with van der Waals surface area (Å²) in [5.74, 6) is -0.148. The van der Waals surface area contributed by atoms with E-state index in [0.29, 0.717) is 11.4 Å². The molecule has 4 nitrogen and oxygen atoms in total. The average molecular weight is 393 g/mol. The molecule has 0 aliphatic carbocycles. The van der Waals surface area contributed by atoms with Crippen LogP contribution < -0.4 is 10.6 Å². The first kappa shape index (κ1) is 19.8. The molecule has 144 valence electrons. The third-order valence-electron chi connectivity index (χ3n) is 4.59. The van der Waals surface area contributed by atoms with Crippen molar-refractivity contribution in [2.45, 2.75) is 25.3 Å². The third kappa shape index (κ3) is 5.30. The molecular weight excluding hydrogens is 368 g/mol. The standard InChI is InChI=1S/C23H24N2O2S/c1-17(25-21(26)14-15-24-23(27)20-13-8-16-28-20)22(18-9-4-2-5-10-18)19-11-6-3-7-12-19/h2-13,16-17,22H,14-15H2,1H3,(H,24,27)(H,25,26). The zero-order valence-corrected chi connectivity index (χ0v) is 16.6. The molecule has 1 atom stereocenters. The van der Waals surface area contributed by atoms with E-state index in [0.717, 1.165) is 11.1 Å². The van der Waals surface area contributed by atoms with Crippen molar-refractivity contribution in [1.82, 2.24) is 10.6 Å². The lowest BCUT2D eigenvalue weighted by Gasteiger charge is -2.26. The van der Waals surface area contributed by atoms with Crippen LogP contribution in [0.1, 0.15) is 40.1 Å². The minimum Gasteiger partial charge on any atom is -0.353 e. The minimum atomic E-state index is -0.137. The van der Waals surface area contributed by atoms with Gasteiger partial charge in [0, 0.05) is 24.9 Å². The molecule has 0 aliphatic rings. The first-order valence-corrected chi connectivity index (χ1v) is 10.2. The van der Waals surface area contributed by atoms with E-state index in [2.05, 4.69) is 34.9 Å². The van der Waals surface area contributed by atoms with E-state index >= 15 is 0 Å². The van der Waals surface area contributed by atoms with Gasteiger partial charge in [-0.05, 0) is 29.5 Å². The lowest BCUT2D eigenvalue weighted by molar-refractivity contribution is -0.121. The lowest BCUT2D eigenvalue weighted by Crippen LogP contribution is -2.39. The lowest BCUT2D eigenvalue weighted by atomic mass is 9.86. The molecule has 0 spiro atoms. The molecular formula is C23H24N2O2S. The van der Waals surface area contributed by atoms with Gasteiger partial charge in [0.25, 0.3) is 5.91 Å². The SMILES string of the molecule is CC(NC(=O)CCNC(=O)c1cccs1)C(c1ccccc1)c1ccccc1. The van der Waals surface area contributed by atoms with E-state index < -0.39 is 0 Å². The van der Waals surface area contributed by atoms with Crippen LogP contribution in [0.2, 0.25) is 0 Å². The summed E-state index contributed by atoms with van der Waals surface area (Å²) in [5, 5.41) is 7.75. The Bertz CT molecular complexity index is 840. The smallest absolute Gasteiger partial charge is 0.261 e. The van der Waals surface area contributed by atoms with E-state index in [1.54, 1.807) is 6.07 Å². The Morgan fingerprint density at radius 1 is 0.893 bits per heavy atom. The van der Waals surface area contributed by atoms with Crippen molar-refractivity contribution in [3.05, 3.63) is 94.2 Å². The second-order valence-corrected chi connectivity index (χ2v) is 7.59. The first-order valence-electron chi connectivity index (χ1n) is 9.36. The van der Waals surface area contributed by atoms with Crippen molar-refractivity contribution in [2.75, 3.05) is 6.54 Å².